The molecule has 0 unspecified atom stereocenters. The van der Waals surface area contributed by atoms with Crippen LogP contribution >= 0.6 is 11.6 Å². The molecule has 0 radical (unpaired) electrons. The van der Waals surface area contributed by atoms with Gasteiger partial charge in [0.25, 0.3) is 0 Å². The molecule has 4 N–H and O–H groups in total. The van der Waals surface area contributed by atoms with Gasteiger partial charge < -0.3 is 16.0 Å². The average molecular weight is 287 g/mol. The Hall–Kier alpha value is -1.07. The number of carbonyl (C=O) groups is 1. The van der Waals surface area contributed by atoms with Crippen molar-refractivity contribution in [1.29, 1.82) is 0 Å². The predicted molar refractivity (Wildman–Crippen MR) is 76.9 cm³/mol. The van der Waals surface area contributed by atoms with E-state index in [9.17, 15) is 4.79 Å². The summed E-state index contributed by atoms with van der Waals surface area (Å²) in [7, 11) is 0. The van der Waals surface area contributed by atoms with E-state index in [0.29, 0.717) is 11.7 Å². The minimum absolute atomic E-state index is 0.279. The summed E-state index contributed by atoms with van der Waals surface area (Å²) in [5, 5.41) is 3.75. The molecule has 0 bridgehead atoms. The van der Waals surface area contributed by atoms with Gasteiger partial charge in [-0.15, -0.1) is 0 Å². The highest BCUT2D eigenvalue weighted by atomic mass is 35.5. The highest BCUT2D eigenvalue weighted by molar-refractivity contribution is 6.30. The normalized spacial score (nSPS) is 11.8. The first-order valence-electron chi connectivity index (χ1n) is 6.60. The minimum Gasteiger partial charge on any atom is -0.370 e. The Kier molecular flexibility index (Phi) is 5.82. The second-order valence-corrected chi connectivity index (χ2v) is 5.79. The summed E-state index contributed by atoms with van der Waals surface area (Å²) in [5.41, 5.74) is 5.71. The number of halogens is 1. The molecular formula is C13H23ClN4O. The molecule has 0 saturated heterocycles. The smallest absolute Gasteiger partial charge is 0.219 e. The molecule has 5 nitrogen and oxygen atoms in total. The van der Waals surface area contributed by atoms with Crippen molar-refractivity contribution >= 4 is 17.5 Å². The van der Waals surface area contributed by atoms with Crippen LogP contribution in [0, 0.1) is 0 Å². The van der Waals surface area contributed by atoms with Crippen molar-refractivity contribution in [2.75, 3.05) is 0 Å². The maximum Gasteiger partial charge on any atom is 0.219 e. The number of nitrogens with one attached hydrogen (secondary N) is 2. The topological polar surface area (TPSA) is 83.8 Å². The second kappa shape index (κ2) is 6.91. The van der Waals surface area contributed by atoms with Crippen LogP contribution in [0.15, 0.2) is 0 Å². The number of unbranched alkanes of at least 4 members (excludes halogenated alkanes) is 1. The number of nitrogens with zero attached hydrogens (tertiary/aromatic N) is 1. The predicted octanol–water partition coefficient (Wildman–Crippen LogP) is 2.15. The molecular weight excluding hydrogens is 264 g/mol. The molecule has 19 heavy (non-hydrogen) atoms. The van der Waals surface area contributed by atoms with E-state index < -0.39 is 0 Å². The number of H-pyrrole nitrogens is 1. The van der Waals surface area contributed by atoms with Crippen LogP contribution in [0.3, 0.4) is 0 Å². The lowest BCUT2D eigenvalue weighted by atomic mass is 10.0. The number of rotatable bonds is 8. The largest absolute Gasteiger partial charge is 0.370 e. The van der Waals surface area contributed by atoms with Gasteiger partial charge in [-0.1, -0.05) is 24.9 Å². The highest BCUT2D eigenvalue weighted by Gasteiger charge is 2.20. The van der Waals surface area contributed by atoms with Crippen LogP contribution in [0.25, 0.3) is 0 Å². The zero-order chi connectivity index (χ0) is 14.5. The molecule has 0 aliphatic carbocycles. The Labute approximate surface area is 119 Å². The molecule has 1 rings (SSSR count). The fourth-order valence-electron chi connectivity index (χ4n) is 1.85. The summed E-state index contributed by atoms with van der Waals surface area (Å²) in [6.07, 6.45) is 3.39. The number of hydrogen-bond acceptors (Lipinski definition) is 3. The summed E-state index contributed by atoms with van der Waals surface area (Å²) >= 11 is 6.08. The standard InChI is InChI=1S/C13H23ClN4O/c1-4-5-6-11-17-9(12(14)18-11)8-16-13(2,3)7-10(15)19/h16H,4-8H2,1-3H3,(H2,15,19)(H,17,18). The summed E-state index contributed by atoms with van der Waals surface area (Å²) in [6, 6.07) is 0. The van der Waals surface area contributed by atoms with Gasteiger partial charge >= 0.3 is 0 Å². The molecule has 0 aromatic carbocycles. The van der Waals surface area contributed by atoms with E-state index in [2.05, 4.69) is 22.2 Å². The Morgan fingerprint density at radius 2 is 2.21 bits per heavy atom. The van der Waals surface area contributed by atoms with Gasteiger partial charge in [-0.3, -0.25) is 4.79 Å². The maximum absolute atomic E-state index is 11.0. The molecule has 6 heteroatoms. The molecule has 0 spiro atoms. The number of imidazole rings is 1. The van der Waals surface area contributed by atoms with Crippen molar-refractivity contribution in [3.8, 4) is 0 Å². The first kappa shape index (κ1) is 16.0. The van der Waals surface area contributed by atoms with E-state index >= 15 is 0 Å². The zero-order valence-corrected chi connectivity index (χ0v) is 12.6. The Bertz CT molecular complexity index is 428. The lowest BCUT2D eigenvalue weighted by Gasteiger charge is -2.24. The molecule has 0 fully saturated rings. The number of aromatic amines is 1. The van der Waals surface area contributed by atoms with Crippen LogP contribution in [0.2, 0.25) is 5.15 Å². The molecule has 0 aliphatic heterocycles. The Morgan fingerprint density at radius 3 is 2.79 bits per heavy atom. The van der Waals surface area contributed by atoms with Crippen molar-refractivity contribution in [2.45, 2.75) is 58.5 Å². The van der Waals surface area contributed by atoms with Gasteiger partial charge in [0.1, 0.15) is 5.82 Å². The molecule has 0 aliphatic rings. The number of nitrogens with two attached hydrogens (primary N) is 1. The fraction of sp³-hybridized carbons (Fsp3) is 0.692. The van der Waals surface area contributed by atoms with Gasteiger partial charge in [-0.2, -0.15) is 0 Å². The zero-order valence-electron chi connectivity index (χ0n) is 11.8. The van der Waals surface area contributed by atoms with Crippen LogP contribution in [-0.2, 0) is 17.8 Å². The van der Waals surface area contributed by atoms with Crippen molar-refractivity contribution in [3.63, 3.8) is 0 Å². The van der Waals surface area contributed by atoms with E-state index in [1.165, 1.54) is 0 Å². The average Bonchev–Trinajstić information content (AvgIpc) is 2.63. The minimum atomic E-state index is -0.357. The first-order chi connectivity index (χ1) is 8.84. The summed E-state index contributed by atoms with van der Waals surface area (Å²) in [6.45, 7) is 6.54. The van der Waals surface area contributed by atoms with Gasteiger partial charge in [0.2, 0.25) is 5.91 Å². The van der Waals surface area contributed by atoms with E-state index in [1.807, 2.05) is 13.8 Å². The number of aryl methyl sites for hydroxylation is 1. The van der Waals surface area contributed by atoms with Crippen molar-refractivity contribution < 1.29 is 4.79 Å². The lowest BCUT2D eigenvalue weighted by Crippen LogP contribution is -2.42. The highest BCUT2D eigenvalue weighted by Crippen LogP contribution is 2.16. The summed E-state index contributed by atoms with van der Waals surface area (Å²) < 4.78 is 0. The molecule has 1 aromatic heterocycles. The monoisotopic (exact) mass is 286 g/mol. The van der Waals surface area contributed by atoms with Gasteiger partial charge in [0.05, 0.1) is 5.69 Å². The number of primary amides is 1. The van der Waals surface area contributed by atoms with Gasteiger partial charge in [0, 0.05) is 24.9 Å². The summed E-state index contributed by atoms with van der Waals surface area (Å²) in [4.78, 5) is 18.5. The SMILES string of the molecule is CCCCc1nc(Cl)c(CNC(C)(C)CC(N)=O)[nH]1. The number of aromatic nitrogens is 2. The number of hydrogen-bond donors (Lipinski definition) is 3. The maximum atomic E-state index is 11.0. The van der Waals surface area contributed by atoms with Gasteiger partial charge in [-0.25, -0.2) is 4.98 Å². The van der Waals surface area contributed by atoms with E-state index in [0.717, 1.165) is 30.8 Å². The number of carbonyl (C=O) groups excluding carboxylic acids is 1. The third-order valence-electron chi connectivity index (χ3n) is 2.90. The van der Waals surface area contributed by atoms with Gasteiger partial charge in [0.15, 0.2) is 5.15 Å². The Balaban J connectivity index is 2.57. The molecule has 1 heterocycles. The van der Waals surface area contributed by atoms with Crippen LogP contribution in [-0.4, -0.2) is 21.4 Å². The fourth-order valence-corrected chi connectivity index (χ4v) is 2.06. The lowest BCUT2D eigenvalue weighted by molar-refractivity contribution is -0.119. The molecule has 1 amide bonds. The second-order valence-electron chi connectivity index (χ2n) is 5.44. The molecule has 1 aromatic rings. The first-order valence-corrected chi connectivity index (χ1v) is 6.98. The van der Waals surface area contributed by atoms with Crippen LogP contribution < -0.4 is 11.1 Å². The van der Waals surface area contributed by atoms with Crippen molar-refractivity contribution in [1.82, 2.24) is 15.3 Å². The van der Waals surface area contributed by atoms with Crippen molar-refractivity contribution in [3.05, 3.63) is 16.7 Å². The summed E-state index contributed by atoms with van der Waals surface area (Å²) in [5.74, 6) is 0.591. The third kappa shape index (κ3) is 5.61. The van der Waals surface area contributed by atoms with Crippen LogP contribution in [0.5, 0.6) is 0 Å². The van der Waals surface area contributed by atoms with E-state index in [4.69, 9.17) is 17.3 Å². The van der Waals surface area contributed by atoms with E-state index in [1.54, 1.807) is 0 Å². The van der Waals surface area contributed by atoms with Crippen molar-refractivity contribution in [2.24, 2.45) is 5.73 Å². The molecule has 108 valence electrons. The van der Waals surface area contributed by atoms with Crippen LogP contribution in [0.1, 0.15) is 51.6 Å². The third-order valence-corrected chi connectivity index (χ3v) is 3.22. The molecule has 0 atom stereocenters. The van der Waals surface area contributed by atoms with Crippen LogP contribution in [0.4, 0.5) is 0 Å². The Morgan fingerprint density at radius 1 is 1.53 bits per heavy atom. The van der Waals surface area contributed by atoms with E-state index in [-0.39, 0.29) is 17.9 Å². The molecule has 0 saturated carbocycles. The quantitative estimate of drug-likeness (QED) is 0.685. The van der Waals surface area contributed by atoms with Gasteiger partial charge in [-0.05, 0) is 20.3 Å². The number of amides is 1.